The van der Waals surface area contributed by atoms with Crippen molar-refractivity contribution in [1.82, 2.24) is 10.6 Å². The van der Waals surface area contributed by atoms with Crippen molar-refractivity contribution in [3.8, 4) is 6.07 Å². The van der Waals surface area contributed by atoms with E-state index in [1.807, 2.05) is 24.3 Å². The third kappa shape index (κ3) is 3.19. The standard InChI is InChI=1S/C19H22ClN3O/c20-16-7-3-2-6-14(16)17-15(8-12-22-13-11-21)19(23-18(17)24)9-4-1-5-10-19/h2-3,6-7,22H,1,4-5,8-10,12-13H2,(H,23,24). The van der Waals surface area contributed by atoms with Crippen LogP contribution in [0, 0.1) is 11.3 Å². The van der Waals surface area contributed by atoms with Crippen LogP contribution in [0.1, 0.15) is 44.1 Å². The molecule has 1 aromatic carbocycles. The molecule has 0 aromatic heterocycles. The molecule has 2 N–H and O–H groups in total. The van der Waals surface area contributed by atoms with Crippen LogP contribution in [0.3, 0.4) is 0 Å². The Morgan fingerprint density at radius 2 is 2.00 bits per heavy atom. The normalized spacial score (nSPS) is 19.4. The van der Waals surface area contributed by atoms with Gasteiger partial charge in [0.15, 0.2) is 0 Å². The van der Waals surface area contributed by atoms with E-state index in [1.165, 1.54) is 6.42 Å². The predicted molar refractivity (Wildman–Crippen MR) is 95.4 cm³/mol. The highest BCUT2D eigenvalue weighted by molar-refractivity contribution is 6.35. The molecular weight excluding hydrogens is 322 g/mol. The van der Waals surface area contributed by atoms with E-state index >= 15 is 0 Å². The maximum atomic E-state index is 12.8. The molecule has 0 atom stereocenters. The molecule has 1 aliphatic carbocycles. The number of rotatable bonds is 5. The molecule has 1 heterocycles. The van der Waals surface area contributed by atoms with Crippen molar-refractivity contribution >= 4 is 23.1 Å². The Balaban J connectivity index is 2.00. The van der Waals surface area contributed by atoms with Gasteiger partial charge in [-0.05, 0) is 37.4 Å². The second-order valence-corrected chi connectivity index (χ2v) is 6.92. The summed E-state index contributed by atoms with van der Waals surface area (Å²) in [6.45, 7) is 1.01. The molecule has 1 amide bonds. The summed E-state index contributed by atoms with van der Waals surface area (Å²) >= 11 is 6.37. The van der Waals surface area contributed by atoms with Gasteiger partial charge in [0, 0.05) is 16.2 Å². The van der Waals surface area contributed by atoms with Gasteiger partial charge in [0.05, 0.1) is 18.2 Å². The molecule has 1 aromatic rings. The molecule has 1 spiro atoms. The molecule has 1 fully saturated rings. The summed E-state index contributed by atoms with van der Waals surface area (Å²) in [4.78, 5) is 12.8. The summed E-state index contributed by atoms with van der Waals surface area (Å²) in [6.07, 6.45) is 6.21. The second-order valence-electron chi connectivity index (χ2n) is 6.52. The summed E-state index contributed by atoms with van der Waals surface area (Å²) in [6, 6.07) is 9.63. The van der Waals surface area contributed by atoms with Gasteiger partial charge < -0.3 is 10.6 Å². The third-order valence-corrected chi connectivity index (χ3v) is 5.40. The molecule has 0 radical (unpaired) electrons. The SMILES string of the molecule is N#CCNCCC1=C(c2ccccc2Cl)C(=O)NC12CCCCC2. The van der Waals surface area contributed by atoms with Gasteiger partial charge in [0.1, 0.15) is 0 Å². The van der Waals surface area contributed by atoms with Crippen LogP contribution in [0.15, 0.2) is 29.8 Å². The lowest BCUT2D eigenvalue weighted by atomic mass is 9.75. The van der Waals surface area contributed by atoms with E-state index in [4.69, 9.17) is 16.9 Å². The fourth-order valence-corrected chi connectivity index (χ4v) is 4.21. The Labute approximate surface area is 147 Å². The number of hydrogen-bond donors (Lipinski definition) is 2. The minimum absolute atomic E-state index is 0.0136. The summed E-state index contributed by atoms with van der Waals surface area (Å²) in [5.74, 6) is -0.0136. The van der Waals surface area contributed by atoms with Crippen LogP contribution in [0.2, 0.25) is 5.02 Å². The van der Waals surface area contributed by atoms with Gasteiger partial charge in [-0.25, -0.2) is 0 Å². The van der Waals surface area contributed by atoms with Gasteiger partial charge >= 0.3 is 0 Å². The van der Waals surface area contributed by atoms with E-state index in [2.05, 4.69) is 16.7 Å². The first-order chi connectivity index (χ1) is 11.7. The first-order valence-electron chi connectivity index (χ1n) is 8.57. The largest absolute Gasteiger partial charge is 0.343 e. The third-order valence-electron chi connectivity index (χ3n) is 5.07. The first-order valence-corrected chi connectivity index (χ1v) is 8.94. The average Bonchev–Trinajstić information content (AvgIpc) is 2.84. The molecule has 24 heavy (non-hydrogen) atoms. The number of carbonyl (C=O) groups is 1. The summed E-state index contributed by atoms with van der Waals surface area (Å²) in [5, 5.41) is 15.7. The van der Waals surface area contributed by atoms with Gasteiger partial charge in [-0.3, -0.25) is 4.79 Å². The molecular formula is C19H22ClN3O. The topological polar surface area (TPSA) is 64.9 Å². The van der Waals surface area contributed by atoms with Gasteiger partial charge in [0.2, 0.25) is 0 Å². The van der Waals surface area contributed by atoms with Crippen molar-refractivity contribution in [3.05, 3.63) is 40.4 Å². The molecule has 2 aliphatic rings. The number of amides is 1. The van der Waals surface area contributed by atoms with E-state index in [0.717, 1.165) is 48.8 Å². The fraction of sp³-hybridized carbons (Fsp3) is 0.474. The molecule has 0 unspecified atom stereocenters. The van der Waals surface area contributed by atoms with Gasteiger partial charge in [0.25, 0.3) is 5.91 Å². The maximum absolute atomic E-state index is 12.8. The van der Waals surface area contributed by atoms with Crippen LogP contribution in [-0.2, 0) is 4.79 Å². The van der Waals surface area contributed by atoms with Gasteiger partial charge in [-0.15, -0.1) is 0 Å². The first kappa shape index (κ1) is 17.0. The van der Waals surface area contributed by atoms with Crippen LogP contribution >= 0.6 is 11.6 Å². The molecule has 1 aliphatic heterocycles. The van der Waals surface area contributed by atoms with Crippen LogP contribution in [0.25, 0.3) is 5.57 Å². The molecule has 0 bridgehead atoms. The maximum Gasteiger partial charge on any atom is 0.252 e. The lowest BCUT2D eigenvalue weighted by Gasteiger charge is -2.36. The Morgan fingerprint density at radius 1 is 1.25 bits per heavy atom. The van der Waals surface area contributed by atoms with E-state index < -0.39 is 0 Å². The van der Waals surface area contributed by atoms with Crippen molar-refractivity contribution in [1.29, 1.82) is 5.26 Å². The van der Waals surface area contributed by atoms with Gasteiger partial charge in [-0.1, -0.05) is 49.1 Å². The molecule has 3 rings (SSSR count). The van der Waals surface area contributed by atoms with Crippen molar-refractivity contribution < 1.29 is 4.79 Å². The fourth-order valence-electron chi connectivity index (χ4n) is 3.98. The number of nitriles is 1. The average molecular weight is 344 g/mol. The van der Waals surface area contributed by atoms with Crippen LogP contribution in [0.4, 0.5) is 0 Å². The number of halogens is 1. The highest BCUT2D eigenvalue weighted by Gasteiger charge is 2.45. The number of nitrogens with one attached hydrogen (secondary N) is 2. The molecule has 0 saturated heterocycles. The highest BCUT2D eigenvalue weighted by Crippen LogP contribution is 2.44. The second kappa shape index (κ2) is 7.38. The van der Waals surface area contributed by atoms with E-state index in [9.17, 15) is 4.79 Å². The number of nitrogens with zero attached hydrogens (tertiary/aromatic N) is 1. The van der Waals surface area contributed by atoms with Gasteiger partial charge in [-0.2, -0.15) is 5.26 Å². The monoisotopic (exact) mass is 343 g/mol. The molecule has 4 nitrogen and oxygen atoms in total. The van der Waals surface area contributed by atoms with Crippen LogP contribution in [0.5, 0.6) is 0 Å². The Kier molecular flexibility index (Phi) is 5.23. The van der Waals surface area contributed by atoms with E-state index in [-0.39, 0.29) is 11.4 Å². The zero-order valence-corrected chi connectivity index (χ0v) is 14.5. The minimum Gasteiger partial charge on any atom is -0.343 e. The highest BCUT2D eigenvalue weighted by atomic mass is 35.5. The summed E-state index contributed by atoms with van der Waals surface area (Å²) in [7, 11) is 0. The van der Waals surface area contributed by atoms with Crippen molar-refractivity contribution in [2.24, 2.45) is 0 Å². The lowest BCUT2D eigenvalue weighted by Crippen LogP contribution is -2.46. The van der Waals surface area contributed by atoms with Crippen molar-refractivity contribution in [2.75, 3.05) is 13.1 Å². The van der Waals surface area contributed by atoms with Crippen molar-refractivity contribution in [3.63, 3.8) is 0 Å². The zero-order chi connectivity index (χ0) is 17.0. The lowest BCUT2D eigenvalue weighted by molar-refractivity contribution is -0.116. The Hall–Kier alpha value is -1.83. The zero-order valence-electron chi connectivity index (χ0n) is 13.7. The van der Waals surface area contributed by atoms with Crippen LogP contribution in [-0.4, -0.2) is 24.5 Å². The predicted octanol–water partition coefficient (Wildman–Crippen LogP) is 3.43. The summed E-state index contributed by atoms with van der Waals surface area (Å²) in [5.41, 5.74) is 2.49. The van der Waals surface area contributed by atoms with Crippen molar-refractivity contribution in [2.45, 2.75) is 44.1 Å². The number of hydrogen-bond acceptors (Lipinski definition) is 3. The van der Waals surface area contributed by atoms with E-state index in [0.29, 0.717) is 18.1 Å². The van der Waals surface area contributed by atoms with E-state index in [1.54, 1.807) is 0 Å². The number of carbonyl (C=O) groups excluding carboxylic acids is 1. The minimum atomic E-state index is -0.224. The molecule has 126 valence electrons. The Bertz CT molecular complexity index is 699. The quantitative estimate of drug-likeness (QED) is 0.636. The van der Waals surface area contributed by atoms with Crippen LogP contribution < -0.4 is 10.6 Å². The Morgan fingerprint density at radius 3 is 2.71 bits per heavy atom. The number of benzene rings is 1. The summed E-state index contributed by atoms with van der Waals surface area (Å²) < 4.78 is 0. The molecule has 1 saturated carbocycles. The molecule has 5 heteroatoms. The smallest absolute Gasteiger partial charge is 0.252 e.